The number of rotatable bonds is 8. The van der Waals surface area contributed by atoms with E-state index in [1.807, 2.05) is 6.92 Å². The van der Waals surface area contributed by atoms with E-state index in [1.54, 1.807) is 35.6 Å². The van der Waals surface area contributed by atoms with Gasteiger partial charge in [-0.15, -0.1) is 11.3 Å². The topological polar surface area (TPSA) is 65.5 Å². The summed E-state index contributed by atoms with van der Waals surface area (Å²) in [5.41, 5.74) is 0.485. The van der Waals surface area contributed by atoms with Crippen LogP contribution < -0.4 is 16.0 Å². The van der Waals surface area contributed by atoms with Crippen molar-refractivity contribution in [2.75, 3.05) is 19.6 Å². The fourth-order valence-electron chi connectivity index (χ4n) is 2.29. The van der Waals surface area contributed by atoms with E-state index in [1.165, 1.54) is 9.75 Å². The van der Waals surface area contributed by atoms with E-state index in [4.69, 9.17) is 11.6 Å². The normalized spacial score (nSPS) is 11.3. The van der Waals surface area contributed by atoms with E-state index in [0.29, 0.717) is 30.2 Å². The van der Waals surface area contributed by atoms with Crippen molar-refractivity contribution in [2.45, 2.75) is 26.8 Å². The van der Waals surface area contributed by atoms with E-state index in [9.17, 15) is 4.79 Å². The number of amides is 1. The van der Waals surface area contributed by atoms with Crippen LogP contribution in [0.5, 0.6) is 0 Å². The molecule has 0 radical (unpaired) electrons. The van der Waals surface area contributed by atoms with Crippen molar-refractivity contribution in [3.8, 4) is 0 Å². The molecule has 2 aromatic rings. The van der Waals surface area contributed by atoms with E-state index >= 15 is 0 Å². The molecule has 1 amide bonds. The molecule has 26 heavy (non-hydrogen) atoms. The molecule has 0 fully saturated rings. The molecule has 1 aromatic carbocycles. The molecule has 0 aliphatic heterocycles. The number of guanidine groups is 1. The summed E-state index contributed by atoms with van der Waals surface area (Å²) in [6, 6.07) is 11.3. The van der Waals surface area contributed by atoms with Gasteiger partial charge in [-0.25, -0.2) is 4.99 Å². The number of hydrogen-bond donors (Lipinski definition) is 3. The highest BCUT2D eigenvalue weighted by Gasteiger charge is 2.08. The lowest BCUT2D eigenvalue weighted by Crippen LogP contribution is -2.41. The van der Waals surface area contributed by atoms with Crippen LogP contribution in [0.4, 0.5) is 0 Å². The highest BCUT2D eigenvalue weighted by atomic mass is 35.5. The lowest BCUT2D eigenvalue weighted by Gasteiger charge is -2.12. The minimum Gasteiger partial charge on any atom is -0.357 e. The number of aryl methyl sites for hydroxylation is 1. The maximum Gasteiger partial charge on any atom is 0.252 e. The molecule has 0 spiro atoms. The molecule has 0 unspecified atom stereocenters. The van der Waals surface area contributed by atoms with E-state index in [2.05, 4.69) is 40.0 Å². The van der Waals surface area contributed by atoms with Crippen LogP contribution in [-0.2, 0) is 13.0 Å². The second-order valence-electron chi connectivity index (χ2n) is 5.58. The second kappa shape index (κ2) is 10.8. The van der Waals surface area contributed by atoms with Gasteiger partial charge in [0, 0.05) is 29.4 Å². The Morgan fingerprint density at radius 3 is 2.46 bits per heavy atom. The van der Waals surface area contributed by atoms with Gasteiger partial charge in [0.05, 0.1) is 17.1 Å². The molecular formula is C19H25ClN4OS. The van der Waals surface area contributed by atoms with Gasteiger partial charge in [-0.2, -0.15) is 0 Å². The van der Waals surface area contributed by atoms with Gasteiger partial charge in [-0.05, 0) is 37.6 Å². The highest BCUT2D eigenvalue weighted by molar-refractivity contribution is 7.11. The van der Waals surface area contributed by atoms with Gasteiger partial charge in [-0.1, -0.05) is 30.7 Å². The minimum absolute atomic E-state index is 0.176. The van der Waals surface area contributed by atoms with Crippen molar-refractivity contribution in [1.82, 2.24) is 16.0 Å². The standard InChI is InChI=1S/C19H25ClN4OS/c1-3-14-9-10-15(26-14)13-24-19(21-4-2)23-12-11-22-18(25)16-7-5-6-8-17(16)20/h5-10H,3-4,11-13H2,1-2H3,(H,22,25)(H2,21,23,24). The molecule has 7 heteroatoms. The van der Waals surface area contributed by atoms with Crippen LogP contribution in [0.3, 0.4) is 0 Å². The smallest absolute Gasteiger partial charge is 0.252 e. The average molecular weight is 393 g/mol. The number of carbonyl (C=O) groups is 1. The summed E-state index contributed by atoms with van der Waals surface area (Å²) >= 11 is 7.82. The lowest BCUT2D eigenvalue weighted by molar-refractivity contribution is 0.0954. The van der Waals surface area contributed by atoms with Gasteiger partial charge in [0.2, 0.25) is 0 Å². The number of nitrogens with one attached hydrogen (secondary N) is 3. The molecule has 0 atom stereocenters. The Bertz CT molecular complexity index is 745. The molecule has 0 bridgehead atoms. The number of benzene rings is 1. The Morgan fingerprint density at radius 2 is 1.77 bits per heavy atom. The number of halogens is 1. The summed E-state index contributed by atoms with van der Waals surface area (Å²) in [5.74, 6) is 0.566. The minimum atomic E-state index is -0.176. The van der Waals surface area contributed by atoms with Crippen LogP contribution in [0.1, 0.15) is 34.0 Å². The summed E-state index contributed by atoms with van der Waals surface area (Å²) in [4.78, 5) is 19.3. The van der Waals surface area contributed by atoms with Crippen LogP contribution in [0.25, 0.3) is 0 Å². The van der Waals surface area contributed by atoms with Crippen LogP contribution in [0.15, 0.2) is 41.4 Å². The highest BCUT2D eigenvalue weighted by Crippen LogP contribution is 2.17. The Kier molecular flexibility index (Phi) is 8.44. The molecule has 1 aromatic heterocycles. The summed E-state index contributed by atoms with van der Waals surface area (Å²) in [6.07, 6.45) is 1.05. The fraction of sp³-hybridized carbons (Fsp3) is 0.368. The number of aliphatic imine (C=N–C) groups is 1. The first kappa shape index (κ1) is 20.3. The molecule has 0 aliphatic rings. The fourth-order valence-corrected chi connectivity index (χ4v) is 3.40. The largest absolute Gasteiger partial charge is 0.357 e. The summed E-state index contributed by atoms with van der Waals surface area (Å²) in [6.45, 7) is 6.66. The Labute approximate surface area is 163 Å². The molecule has 0 aliphatic carbocycles. The quantitative estimate of drug-likeness (QED) is 0.366. The Morgan fingerprint density at radius 1 is 1.04 bits per heavy atom. The summed E-state index contributed by atoms with van der Waals surface area (Å²) in [7, 11) is 0. The van der Waals surface area contributed by atoms with Gasteiger partial charge in [-0.3, -0.25) is 4.79 Å². The van der Waals surface area contributed by atoms with Crippen LogP contribution in [0, 0.1) is 0 Å². The zero-order valence-electron chi connectivity index (χ0n) is 15.1. The average Bonchev–Trinajstić information content (AvgIpc) is 3.11. The van der Waals surface area contributed by atoms with Crippen molar-refractivity contribution in [1.29, 1.82) is 0 Å². The monoisotopic (exact) mass is 392 g/mol. The third-order valence-electron chi connectivity index (χ3n) is 3.62. The lowest BCUT2D eigenvalue weighted by atomic mass is 10.2. The predicted molar refractivity (Wildman–Crippen MR) is 110 cm³/mol. The molecule has 3 N–H and O–H groups in total. The number of nitrogens with zero attached hydrogens (tertiary/aromatic N) is 1. The zero-order chi connectivity index (χ0) is 18.8. The van der Waals surface area contributed by atoms with Crippen molar-refractivity contribution in [3.63, 3.8) is 0 Å². The number of carbonyl (C=O) groups excluding carboxylic acids is 1. The first-order valence-corrected chi connectivity index (χ1v) is 9.96. The zero-order valence-corrected chi connectivity index (χ0v) is 16.7. The maximum absolute atomic E-state index is 12.1. The van der Waals surface area contributed by atoms with Crippen LogP contribution in [-0.4, -0.2) is 31.5 Å². The maximum atomic E-state index is 12.1. The second-order valence-corrected chi connectivity index (χ2v) is 7.24. The molecule has 0 saturated carbocycles. The molecule has 0 saturated heterocycles. The number of thiophene rings is 1. The van der Waals surface area contributed by atoms with Crippen molar-refractivity contribution in [3.05, 3.63) is 56.7 Å². The van der Waals surface area contributed by atoms with Crippen LogP contribution >= 0.6 is 22.9 Å². The SMILES string of the molecule is CCNC(=NCc1ccc(CC)s1)NCCNC(=O)c1ccccc1Cl. The number of hydrogen-bond acceptors (Lipinski definition) is 3. The predicted octanol–water partition coefficient (Wildman–Crippen LogP) is 3.45. The van der Waals surface area contributed by atoms with E-state index in [0.717, 1.165) is 18.9 Å². The Hall–Kier alpha value is -2.05. The first-order chi connectivity index (χ1) is 12.6. The van der Waals surface area contributed by atoms with E-state index in [-0.39, 0.29) is 5.91 Å². The van der Waals surface area contributed by atoms with Gasteiger partial charge in [0.25, 0.3) is 5.91 Å². The van der Waals surface area contributed by atoms with Gasteiger partial charge >= 0.3 is 0 Å². The van der Waals surface area contributed by atoms with E-state index < -0.39 is 0 Å². The van der Waals surface area contributed by atoms with Crippen molar-refractivity contribution in [2.24, 2.45) is 4.99 Å². The first-order valence-electron chi connectivity index (χ1n) is 8.76. The van der Waals surface area contributed by atoms with Gasteiger partial charge < -0.3 is 16.0 Å². The summed E-state index contributed by atoms with van der Waals surface area (Å²) < 4.78 is 0. The summed E-state index contributed by atoms with van der Waals surface area (Å²) in [5, 5.41) is 9.75. The molecule has 140 valence electrons. The van der Waals surface area contributed by atoms with Crippen molar-refractivity contribution >= 4 is 34.8 Å². The third kappa shape index (κ3) is 6.35. The molecule has 5 nitrogen and oxygen atoms in total. The Balaban J connectivity index is 1.79. The van der Waals surface area contributed by atoms with Crippen LogP contribution in [0.2, 0.25) is 5.02 Å². The molecular weight excluding hydrogens is 368 g/mol. The third-order valence-corrected chi connectivity index (χ3v) is 5.17. The molecule has 1 heterocycles. The molecule has 2 rings (SSSR count). The van der Waals surface area contributed by atoms with Crippen molar-refractivity contribution < 1.29 is 4.79 Å². The van der Waals surface area contributed by atoms with Gasteiger partial charge in [0.15, 0.2) is 5.96 Å². The van der Waals surface area contributed by atoms with Gasteiger partial charge in [0.1, 0.15) is 0 Å².